The fourth-order valence-corrected chi connectivity index (χ4v) is 1.72. The van der Waals surface area contributed by atoms with Gasteiger partial charge < -0.3 is 10.4 Å². The van der Waals surface area contributed by atoms with E-state index in [2.05, 4.69) is 15.3 Å². The van der Waals surface area contributed by atoms with Gasteiger partial charge in [-0.15, -0.1) is 0 Å². The zero-order chi connectivity index (χ0) is 12.3. The lowest BCUT2D eigenvalue weighted by molar-refractivity contribution is 0.282. The van der Waals surface area contributed by atoms with Gasteiger partial charge >= 0.3 is 0 Å². The molecular formula is C13H17N3O. The number of nitrogens with zero attached hydrogens (tertiary/aromatic N) is 2. The van der Waals surface area contributed by atoms with E-state index in [4.69, 9.17) is 5.11 Å². The van der Waals surface area contributed by atoms with E-state index in [0.717, 1.165) is 22.5 Å². The molecule has 1 heterocycles. The minimum Gasteiger partial charge on any atom is -0.396 e. The number of benzene rings is 1. The van der Waals surface area contributed by atoms with Gasteiger partial charge in [0.25, 0.3) is 0 Å². The van der Waals surface area contributed by atoms with Gasteiger partial charge in [-0.25, -0.2) is 9.97 Å². The predicted molar refractivity (Wildman–Crippen MR) is 69.1 cm³/mol. The van der Waals surface area contributed by atoms with Crippen molar-refractivity contribution < 1.29 is 5.11 Å². The average molecular weight is 231 g/mol. The van der Waals surface area contributed by atoms with Gasteiger partial charge in [-0.3, -0.25) is 0 Å². The molecule has 0 saturated carbocycles. The van der Waals surface area contributed by atoms with Crippen molar-refractivity contribution in [2.75, 3.05) is 11.9 Å². The molecule has 2 N–H and O–H groups in total. The van der Waals surface area contributed by atoms with Crippen LogP contribution in [-0.2, 0) is 0 Å². The first-order valence-electron chi connectivity index (χ1n) is 5.81. The van der Waals surface area contributed by atoms with Crippen LogP contribution >= 0.6 is 0 Å². The molecule has 4 nitrogen and oxygen atoms in total. The van der Waals surface area contributed by atoms with Gasteiger partial charge in [0.15, 0.2) is 0 Å². The molecule has 1 aromatic heterocycles. The van der Waals surface area contributed by atoms with Crippen molar-refractivity contribution in [2.24, 2.45) is 0 Å². The van der Waals surface area contributed by atoms with Crippen molar-refractivity contribution in [3.8, 4) is 0 Å². The van der Waals surface area contributed by atoms with Gasteiger partial charge in [-0.1, -0.05) is 12.1 Å². The highest BCUT2D eigenvalue weighted by Gasteiger charge is 2.07. The lowest BCUT2D eigenvalue weighted by Crippen LogP contribution is -2.18. The average Bonchev–Trinajstić information content (AvgIpc) is 2.30. The van der Waals surface area contributed by atoms with Crippen LogP contribution in [0.5, 0.6) is 0 Å². The predicted octanol–water partition coefficient (Wildman–Crippen LogP) is 2.12. The molecule has 4 heteroatoms. The second kappa shape index (κ2) is 5.10. The number of anilines is 1. The molecule has 0 aliphatic rings. The van der Waals surface area contributed by atoms with E-state index in [0.29, 0.717) is 6.42 Å². The molecular weight excluding hydrogens is 214 g/mol. The summed E-state index contributed by atoms with van der Waals surface area (Å²) in [6.45, 7) is 4.13. The van der Waals surface area contributed by atoms with Crippen LogP contribution in [0.4, 0.5) is 5.82 Å². The zero-order valence-electron chi connectivity index (χ0n) is 10.1. The summed E-state index contributed by atoms with van der Waals surface area (Å²) in [5, 5.41) is 12.1. The summed E-state index contributed by atoms with van der Waals surface area (Å²) in [5.41, 5.74) is 2.68. The molecule has 2 rings (SSSR count). The van der Waals surface area contributed by atoms with Crippen molar-refractivity contribution in [2.45, 2.75) is 26.3 Å². The number of fused-ring (bicyclic) bond motifs is 1. The molecule has 0 radical (unpaired) electrons. The van der Waals surface area contributed by atoms with Crippen molar-refractivity contribution in [1.82, 2.24) is 9.97 Å². The number of hydrogen-bond donors (Lipinski definition) is 2. The first-order valence-corrected chi connectivity index (χ1v) is 5.81. The van der Waals surface area contributed by atoms with Gasteiger partial charge in [0, 0.05) is 12.6 Å². The smallest absolute Gasteiger partial charge is 0.148 e. The van der Waals surface area contributed by atoms with E-state index in [9.17, 15) is 0 Å². The van der Waals surface area contributed by atoms with Crippen LogP contribution in [-0.4, -0.2) is 27.7 Å². The van der Waals surface area contributed by atoms with E-state index >= 15 is 0 Å². The Kier molecular flexibility index (Phi) is 3.54. The minimum absolute atomic E-state index is 0.175. The monoisotopic (exact) mass is 231 g/mol. The maximum atomic E-state index is 8.88. The Labute approximate surface area is 101 Å². The van der Waals surface area contributed by atoms with Crippen LogP contribution in [0.25, 0.3) is 11.0 Å². The molecule has 2 aromatic rings. The van der Waals surface area contributed by atoms with Crippen molar-refractivity contribution in [3.05, 3.63) is 30.0 Å². The van der Waals surface area contributed by atoms with Gasteiger partial charge in [-0.2, -0.15) is 0 Å². The van der Waals surface area contributed by atoms with E-state index in [-0.39, 0.29) is 12.6 Å². The quantitative estimate of drug-likeness (QED) is 0.846. The topological polar surface area (TPSA) is 58.0 Å². The number of hydrogen-bond acceptors (Lipinski definition) is 4. The van der Waals surface area contributed by atoms with Crippen molar-refractivity contribution in [3.63, 3.8) is 0 Å². The summed E-state index contributed by atoms with van der Waals surface area (Å²) in [7, 11) is 0. The Morgan fingerprint density at radius 1 is 1.24 bits per heavy atom. The Bertz CT molecular complexity index is 513. The number of nitrogens with one attached hydrogen (secondary N) is 1. The number of aliphatic hydroxyl groups is 1. The Balaban J connectivity index is 2.31. The molecule has 0 aliphatic heterocycles. The van der Waals surface area contributed by atoms with Gasteiger partial charge in [-0.05, 0) is 32.4 Å². The highest BCUT2D eigenvalue weighted by molar-refractivity contribution is 5.76. The Hall–Kier alpha value is -1.68. The standard InChI is InChI=1S/C13H17N3O/c1-9(7-8-17)14-13-10(2)15-11-5-3-4-6-12(11)16-13/h3-6,9,17H,7-8H2,1-2H3,(H,14,16). The molecule has 0 aliphatic carbocycles. The zero-order valence-corrected chi connectivity index (χ0v) is 10.1. The summed E-state index contributed by atoms with van der Waals surface area (Å²) in [6, 6.07) is 8.00. The number of aryl methyl sites for hydroxylation is 1. The second-order valence-electron chi connectivity index (χ2n) is 4.20. The molecule has 1 aromatic carbocycles. The highest BCUT2D eigenvalue weighted by atomic mass is 16.3. The highest BCUT2D eigenvalue weighted by Crippen LogP contribution is 2.16. The van der Waals surface area contributed by atoms with Crippen molar-refractivity contribution >= 4 is 16.9 Å². The van der Waals surface area contributed by atoms with E-state index in [1.54, 1.807) is 0 Å². The third kappa shape index (κ3) is 2.71. The number of para-hydroxylation sites is 2. The lowest BCUT2D eigenvalue weighted by Gasteiger charge is -2.15. The molecule has 0 saturated heterocycles. The van der Waals surface area contributed by atoms with Crippen LogP contribution in [0.1, 0.15) is 19.0 Å². The molecule has 90 valence electrons. The van der Waals surface area contributed by atoms with Crippen LogP contribution in [0.2, 0.25) is 0 Å². The summed E-state index contributed by atoms with van der Waals surface area (Å²) in [6.07, 6.45) is 0.702. The van der Waals surface area contributed by atoms with Gasteiger partial charge in [0.05, 0.1) is 16.7 Å². The fraction of sp³-hybridized carbons (Fsp3) is 0.385. The van der Waals surface area contributed by atoms with Crippen LogP contribution in [0.3, 0.4) is 0 Å². The fourth-order valence-electron chi connectivity index (χ4n) is 1.72. The maximum absolute atomic E-state index is 8.88. The summed E-state index contributed by atoms with van der Waals surface area (Å²) in [5.74, 6) is 0.796. The van der Waals surface area contributed by atoms with E-state index < -0.39 is 0 Å². The van der Waals surface area contributed by atoms with Gasteiger partial charge in [0.1, 0.15) is 5.82 Å². The SMILES string of the molecule is Cc1nc2ccccc2nc1NC(C)CCO. The van der Waals surface area contributed by atoms with Crippen LogP contribution in [0, 0.1) is 6.92 Å². The molecule has 0 bridgehead atoms. The Morgan fingerprint density at radius 3 is 2.53 bits per heavy atom. The van der Waals surface area contributed by atoms with Crippen LogP contribution < -0.4 is 5.32 Å². The van der Waals surface area contributed by atoms with Crippen LogP contribution in [0.15, 0.2) is 24.3 Å². The number of rotatable bonds is 4. The van der Waals surface area contributed by atoms with E-state index in [1.165, 1.54) is 0 Å². The molecule has 0 fully saturated rings. The summed E-state index contributed by atoms with van der Waals surface area (Å²) < 4.78 is 0. The summed E-state index contributed by atoms with van der Waals surface area (Å²) in [4.78, 5) is 9.04. The molecule has 1 unspecified atom stereocenters. The van der Waals surface area contributed by atoms with E-state index in [1.807, 2.05) is 38.1 Å². The Morgan fingerprint density at radius 2 is 1.88 bits per heavy atom. The third-order valence-electron chi connectivity index (χ3n) is 2.69. The maximum Gasteiger partial charge on any atom is 0.148 e. The molecule has 0 spiro atoms. The number of aromatic nitrogens is 2. The first-order chi connectivity index (χ1) is 8.20. The largest absolute Gasteiger partial charge is 0.396 e. The van der Waals surface area contributed by atoms with Gasteiger partial charge in [0.2, 0.25) is 0 Å². The normalized spacial score (nSPS) is 12.6. The second-order valence-corrected chi connectivity index (χ2v) is 4.20. The molecule has 1 atom stereocenters. The lowest BCUT2D eigenvalue weighted by atomic mass is 10.2. The first kappa shape index (κ1) is 11.8. The third-order valence-corrected chi connectivity index (χ3v) is 2.69. The van der Waals surface area contributed by atoms with Crippen molar-refractivity contribution in [1.29, 1.82) is 0 Å². The molecule has 17 heavy (non-hydrogen) atoms. The number of aliphatic hydroxyl groups excluding tert-OH is 1. The minimum atomic E-state index is 0.175. The summed E-state index contributed by atoms with van der Waals surface area (Å²) >= 11 is 0. The molecule has 0 amide bonds.